The van der Waals surface area contributed by atoms with Crippen molar-refractivity contribution in [2.24, 2.45) is 5.92 Å². The Balaban J connectivity index is 1.18. The summed E-state index contributed by atoms with van der Waals surface area (Å²) in [6.07, 6.45) is 1.44. The minimum Gasteiger partial charge on any atom is -0.355 e. The van der Waals surface area contributed by atoms with Gasteiger partial charge in [0.1, 0.15) is 5.03 Å². The molecule has 1 amide bonds. The van der Waals surface area contributed by atoms with Gasteiger partial charge in [0.2, 0.25) is 5.91 Å². The third-order valence-electron chi connectivity index (χ3n) is 6.51. The van der Waals surface area contributed by atoms with Crippen molar-refractivity contribution in [2.75, 3.05) is 44.2 Å². The number of hydrogen-bond acceptors (Lipinski definition) is 6. The van der Waals surface area contributed by atoms with E-state index in [0.717, 1.165) is 24.0 Å². The molecule has 2 aliphatic rings. The van der Waals surface area contributed by atoms with Gasteiger partial charge in [-0.15, -0.1) is 10.2 Å². The van der Waals surface area contributed by atoms with E-state index in [1.165, 1.54) is 4.31 Å². The average molecular weight is 523 g/mol. The van der Waals surface area contributed by atoms with Gasteiger partial charge in [-0.2, -0.15) is 4.31 Å². The van der Waals surface area contributed by atoms with Crippen molar-refractivity contribution in [3.63, 3.8) is 0 Å². The number of nitrogens with zero attached hydrogens (tertiary/aromatic N) is 5. The molecule has 1 N–H and O–H groups in total. The number of fused-ring (bicyclic) bond motifs is 1. The van der Waals surface area contributed by atoms with Crippen LogP contribution in [0.5, 0.6) is 0 Å². The average Bonchev–Trinajstić information content (AvgIpc) is 3.28. The van der Waals surface area contributed by atoms with Crippen LogP contribution in [0.25, 0.3) is 10.9 Å². The van der Waals surface area contributed by atoms with E-state index in [2.05, 4.69) is 20.1 Å². The number of sulfonamides is 1. The van der Waals surface area contributed by atoms with Gasteiger partial charge in [-0.3, -0.25) is 4.79 Å². The molecule has 2 aliphatic heterocycles. The molecule has 2 fully saturated rings. The van der Waals surface area contributed by atoms with Crippen LogP contribution >= 0.6 is 23.2 Å². The zero-order valence-electron chi connectivity index (χ0n) is 18.3. The Morgan fingerprint density at radius 1 is 0.941 bits per heavy atom. The number of hydrogen-bond donors (Lipinski definition) is 1. The molecule has 0 spiro atoms. The highest BCUT2D eigenvalue weighted by Crippen LogP contribution is 2.27. The first-order chi connectivity index (χ1) is 16.3. The van der Waals surface area contributed by atoms with E-state index in [9.17, 15) is 13.2 Å². The summed E-state index contributed by atoms with van der Waals surface area (Å²) in [5.74, 6) is 0.783. The molecule has 0 aliphatic carbocycles. The highest BCUT2D eigenvalue weighted by molar-refractivity contribution is 7.89. The van der Waals surface area contributed by atoms with Crippen LogP contribution in [-0.2, 0) is 14.8 Å². The minimum atomic E-state index is -3.68. The first kappa shape index (κ1) is 23.3. The van der Waals surface area contributed by atoms with Crippen molar-refractivity contribution in [3.8, 4) is 0 Å². The van der Waals surface area contributed by atoms with Crippen molar-refractivity contribution < 1.29 is 13.2 Å². The summed E-state index contributed by atoms with van der Waals surface area (Å²) in [6, 6.07) is 10.4. The molecule has 0 unspecified atom stereocenters. The monoisotopic (exact) mass is 522 g/mol. The minimum absolute atomic E-state index is 0.0712. The van der Waals surface area contributed by atoms with E-state index in [1.807, 2.05) is 6.07 Å². The zero-order chi connectivity index (χ0) is 23.9. The normalized spacial score (nSPS) is 18.5. The summed E-state index contributed by atoms with van der Waals surface area (Å²) >= 11 is 11.8. The smallest absolute Gasteiger partial charge is 0.258 e. The quantitative estimate of drug-likeness (QED) is 0.564. The van der Waals surface area contributed by atoms with Gasteiger partial charge >= 0.3 is 0 Å². The number of halogens is 2. The largest absolute Gasteiger partial charge is 0.355 e. The van der Waals surface area contributed by atoms with Crippen molar-refractivity contribution >= 4 is 55.9 Å². The number of amides is 1. The number of piperazine rings is 1. The summed E-state index contributed by atoms with van der Waals surface area (Å²) < 4.78 is 27.7. The molecule has 1 aromatic carbocycles. The van der Waals surface area contributed by atoms with Gasteiger partial charge < -0.3 is 14.8 Å². The molecule has 0 radical (unpaired) electrons. The van der Waals surface area contributed by atoms with Gasteiger partial charge in [0.15, 0.2) is 11.0 Å². The molecular weight excluding hydrogens is 499 g/mol. The molecule has 5 rings (SSSR count). The van der Waals surface area contributed by atoms with Crippen LogP contribution in [0.4, 0.5) is 5.82 Å². The van der Waals surface area contributed by atoms with E-state index >= 15 is 0 Å². The standard InChI is InChI=1S/C22H24Cl2N6O3S/c23-17-1-2-18-16(13-17)14-21(25-18)34(32,33)30-11-9-29(10-12-30)22(31)15-5-7-28(8-6-15)20-4-3-19(24)26-27-20/h1-4,13-15,25H,5-12H2. The fourth-order valence-electron chi connectivity index (χ4n) is 4.60. The molecule has 2 saturated heterocycles. The van der Waals surface area contributed by atoms with E-state index in [1.54, 1.807) is 35.2 Å². The van der Waals surface area contributed by atoms with Crippen molar-refractivity contribution in [3.05, 3.63) is 46.6 Å². The van der Waals surface area contributed by atoms with Gasteiger partial charge in [0, 0.05) is 61.1 Å². The summed E-state index contributed by atoms with van der Waals surface area (Å²) in [5.41, 5.74) is 0.715. The Hall–Kier alpha value is -2.40. The Morgan fingerprint density at radius 3 is 2.35 bits per heavy atom. The number of nitrogens with one attached hydrogen (secondary N) is 1. The van der Waals surface area contributed by atoms with Gasteiger partial charge in [0.25, 0.3) is 10.0 Å². The highest BCUT2D eigenvalue weighted by Gasteiger charge is 2.34. The molecule has 34 heavy (non-hydrogen) atoms. The van der Waals surface area contributed by atoms with Crippen LogP contribution in [0.2, 0.25) is 10.2 Å². The van der Waals surface area contributed by atoms with Crippen molar-refractivity contribution in [1.82, 2.24) is 24.4 Å². The first-order valence-electron chi connectivity index (χ1n) is 11.1. The first-order valence-corrected chi connectivity index (χ1v) is 13.3. The lowest BCUT2D eigenvalue weighted by atomic mass is 9.95. The molecule has 3 aromatic rings. The van der Waals surface area contributed by atoms with Crippen LogP contribution in [0.15, 0.2) is 41.4 Å². The van der Waals surface area contributed by atoms with E-state index in [-0.39, 0.29) is 29.9 Å². The number of anilines is 1. The molecule has 0 bridgehead atoms. The Labute approximate surface area is 207 Å². The summed E-state index contributed by atoms with van der Waals surface area (Å²) in [7, 11) is -3.68. The molecular formula is C22H24Cl2N6O3S. The molecule has 2 aromatic heterocycles. The van der Waals surface area contributed by atoms with Crippen molar-refractivity contribution in [1.29, 1.82) is 0 Å². The van der Waals surface area contributed by atoms with E-state index < -0.39 is 10.0 Å². The van der Waals surface area contributed by atoms with Crippen LogP contribution in [-0.4, -0.2) is 78.0 Å². The van der Waals surface area contributed by atoms with E-state index in [0.29, 0.717) is 41.9 Å². The maximum atomic E-state index is 13.1. The number of piperidine rings is 1. The predicted octanol–water partition coefficient (Wildman–Crippen LogP) is 3.01. The number of H-pyrrole nitrogens is 1. The predicted molar refractivity (Wildman–Crippen MR) is 131 cm³/mol. The lowest BCUT2D eigenvalue weighted by Crippen LogP contribution is -2.53. The highest BCUT2D eigenvalue weighted by atomic mass is 35.5. The second-order valence-corrected chi connectivity index (χ2v) is 11.3. The van der Waals surface area contributed by atoms with Crippen LogP contribution < -0.4 is 4.90 Å². The van der Waals surface area contributed by atoms with Crippen LogP contribution in [0.1, 0.15) is 12.8 Å². The molecule has 4 heterocycles. The summed E-state index contributed by atoms with van der Waals surface area (Å²) in [4.78, 5) is 20.0. The second kappa shape index (κ2) is 9.33. The number of aromatic amines is 1. The Morgan fingerprint density at radius 2 is 1.68 bits per heavy atom. The fraction of sp³-hybridized carbons (Fsp3) is 0.409. The maximum absolute atomic E-state index is 13.1. The zero-order valence-corrected chi connectivity index (χ0v) is 20.7. The van der Waals surface area contributed by atoms with Crippen molar-refractivity contribution in [2.45, 2.75) is 17.9 Å². The third kappa shape index (κ3) is 4.59. The number of benzene rings is 1. The van der Waals surface area contributed by atoms with Gasteiger partial charge in [-0.25, -0.2) is 8.42 Å². The second-order valence-electron chi connectivity index (χ2n) is 8.57. The maximum Gasteiger partial charge on any atom is 0.258 e. The van der Waals surface area contributed by atoms with Gasteiger partial charge in [-0.05, 0) is 49.2 Å². The lowest BCUT2D eigenvalue weighted by Gasteiger charge is -2.38. The number of carbonyl (C=O) groups is 1. The lowest BCUT2D eigenvalue weighted by molar-refractivity contribution is -0.137. The van der Waals surface area contributed by atoms with Gasteiger partial charge in [-0.1, -0.05) is 23.2 Å². The molecule has 180 valence electrons. The third-order valence-corrected chi connectivity index (χ3v) is 8.77. The SMILES string of the molecule is O=C(C1CCN(c2ccc(Cl)nn2)CC1)N1CCN(S(=O)(=O)c2cc3cc(Cl)ccc3[nH]2)CC1. The molecule has 9 nitrogen and oxygen atoms in total. The fourth-order valence-corrected chi connectivity index (χ4v) is 6.31. The number of carbonyl (C=O) groups excluding carboxylic acids is 1. The topological polar surface area (TPSA) is 102 Å². The Kier molecular flexibility index (Phi) is 6.41. The number of rotatable bonds is 4. The van der Waals surface area contributed by atoms with E-state index in [4.69, 9.17) is 23.2 Å². The van der Waals surface area contributed by atoms with Crippen LogP contribution in [0, 0.1) is 5.92 Å². The molecule has 0 atom stereocenters. The Bertz CT molecular complexity index is 1300. The van der Waals surface area contributed by atoms with Crippen LogP contribution in [0.3, 0.4) is 0 Å². The van der Waals surface area contributed by atoms with Gasteiger partial charge in [0.05, 0.1) is 0 Å². The molecule has 12 heteroatoms. The summed E-state index contributed by atoms with van der Waals surface area (Å²) in [6.45, 7) is 2.73. The molecule has 0 saturated carbocycles. The summed E-state index contributed by atoms with van der Waals surface area (Å²) in [5, 5.41) is 9.79. The number of aromatic nitrogens is 3.